The van der Waals surface area contributed by atoms with E-state index in [-0.39, 0.29) is 11.5 Å². The van der Waals surface area contributed by atoms with E-state index in [1.54, 1.807) is 24.3 Å². The van der Waals surface area contributed by atoms with Crippen molar-refractivity contribution in [3.63, 3.8) is 0 Å². The molecule has 0 bridgehead atoms. The van der Waals surface area contributed by atoms with Crippen LogP contribution in [0.25, 0.3) is 82.1 Å². The maximum atomic E-state index is 10.4. The van der Waals surface area contributed by atoms with E-state index in [1.165, 1.54) is 0 Å². The van der Waals surface area contributed by atoms with Crippen molar-refractivity contribution in [3.8, 4) is 51.2 Å². The fraction of sp³-hybridized carbons (Fsp3) is 0. The van der Waals surface area contributed by atoms with Gasteiger partial charge >= 0.3 is 0 Å². The van der Waals surface area contributed by atoms with Crippen LogP contribution in [0, 0.1) is 17.9 Å². The molecule has 0 spiro atoms. The smallest absolute Gasteiger partial charge is 0.187 e. The number of hydrogen-bond donors (Lipinski definition) is 2. The topological polar surface area (TPSA) is 78.5 Å². The zero-order chi connectivity index (χ0) is 33.9. The van der Waals surface area contributed by atoms with Gasteiger partial charge < -0.3 is 19.3 Å². The van der Waals surface area contributed by atoms with E-state index in [4.69, 9.17) is 6.57 Å². The summed E-state index contributed by atoms with van der Waals surface area (Å²) in [5.41, 5.74) is 10.8. The van der Waals surface area contributed by atoms with Crippen LogP contribution in [0.3, 0.4) is 0 Å². The number of benzene rings is 7. The quantitative estimate of drug-likeness (QED) is 0.188. The minimum atomic E-state index is 0.178. The van der Waals surface area contributed by atoms with Crippen LogP contribution in [-0.4, -0.2) is 19.3 Å². The van der Waals surface area contributed by atoms with E-state index in [2.05, 4.69) is 56.4 Å². The van der Waals surface area contributed by atoms with Crippen LogP contribution in [0.5, 0.6) is 11.5 Å². The fourth-order valence-electron chi connectivity index (χ4n) is 7.41. The lowest BCUT2D eigenvalue weighted by molar-refractivity contribution is 0.475. The van der Waals surface area contributed by atoms with Crippen LogP contribution >= 0.6 is 0 Å². The molecule has 0 amide bonds. The molecule has 2 N–H and O–H groups in total. The predicted molar refractivity (Wildman–Crippen MR) is 200 cm³/mol. The summed E-state index contributed by atoms with van der Waals surface area (Å²) in [4.78, 5) is 3.65. The highest BCUT2D eigenvalue weighted by Crippen LogP contribution is 2.52. The molecule has 6 heteroatoms. The highest BCUT2D eigenvalue weighted by molar-refractivity contribution is 6.33. The monoisotopic (exact) mass is 642 g/mol. The summed E-state index contributed by atoms with van der Waals surface area (Å²) in [5, 5.41) is 34.6. The van der Waals surface area contributed by atoms with Crippen LogP contribution in [0.15, 0.2) is 146 Å². The number of nitrogens with zero attached hydrogens (tertiary/aromatic N) is 4. The van der Waals surface area contributed by atoms with Crippen molar-refractivity contribution in [3.05, 3.63) is 163 Å². The van der Waals surface area contributed by atoms with E-state index >= 15 is 0 Å². The Morgan fingerprint density at radius 3 is 1.36 bits per heavy atom. The summed E-state index contributed by atoms with van der Waals surface area (Å²) in [5.74, 6) is 0.356. The molecule has 0 fully saturated rings. The molecular weight excluding hydrogens is 617 g/mol. The highest BCUT2D eigenvalue weighted by atomic mass is 16.3. The average molecular weight is 643 g/mol. The lowest BCUT2D eigenvalue weighted by Gasteiger charge is -2.18. The Morgan fingerprint density at radius 1 is 0.520 bits per heavy atom. The molecule has 0 saturated carbocycles. The minimum absolute atomic E-state index is 0.178. The summed E-state index contributed by atoms with van der Waals surface area (Å²) >= 11 is 0. The second-order valence-electron chi connectivity index (χ2n) is 12.3. The fourth-order valence-corrected chi connectivity index (χ4v) is 7.41. The summed E-state index contributed by atoms with van der Waals surface area (Å²) < 4.78 is 4.55. The molecule has 234 valence electrons. The lowest BCUT2D eigenvalue weighted by atomic mass is 9.89. The molecule has 0 aliphatic rings. The second-order valence-corrected chi connectivity index (χ2v) is 12.3. The second kappa shape index (κ2) is 11.2. The van der Waals surface area contributed by atoms with Gasteiger partial charge in [0.15, 0.2) is 5.69 Å². The Balaban J connectivity index is 1.62. The van der Waals surface area contributed by atoms with Crippen LogP contribution in [0.4, 0.5) is 5.69 Å². The predicted octanol–water partition coefficient (Wildman–Crippen LogP) is 11.0. The van der Waals surface area contributed by atoms with E-state index in [0.29, 0.717) is 11.3 Å². The summed E-state index contributed by atoms with van der Waals surface area (Å²) in [6.45, 7) is 7.58. The summed E-state index contributed by atoms with van der Waals surface area (Å²) in [6.07, 6.45) is 0. The van der Waals surface area contributed by atoms with Crippen LogP contribution in [0.1, 0.15) is 5.56 Å². The SMILES string of the molecule is [C-]#[N+]c1ccc(-n2c3ccccc3c3c(-c4ccc(O)cc4)c4c(c(-c5ccc(O)cc5)c32)c2ccccc2n4-c2ccc(C#N)cc2)cc1. The van der Waals surface area contributed by atoms with Crippen LogP contribution < -0.4 is 0 Å². The molecule has 0 radical (unpaired) electrons. The molecule has 9 rings (SSSR count). The molecule has 0 saturated heterocycles. The van der Waals surface area contributed by atoms with Gasteiger partial charge in [-0.05, 0) is 83.9 Å². The Kier molecular flexibility index (Phi) is 6.45. The zero-order valence-corrected chi connectivity index (χ0v) is 26.5. The van der Waals surface area contributed by atoms with Crippen molar-refractivity contribution in [2.45, 2.75) is 0 Å². The first-order valence-corrected chi connectivity index (χ1v) is 16.1. The number of phenolic OH excluding ortho intramolecular Hbond substituents is 2. The Labute approximate surface area is 287 Å². The molecule has 0 aliphatic heterocycles. The third kappa shape index (κ3) is 4.27. The van der Waals surface area contributed by atoms with Gasteiger partial charge in [0.2, 0.25) is 0 Å². The van der Waals surface area contributed by atoms with Crippen molar-refractivity contribution >= 4 is 49.3 Å². The molecule has 2 aromatic heterocycles. The van der Waals surface area contributed by atoms with Gasteiger partial charge in [-0.25, -0.2) is 4.85 Å². The third-order valence-electron chi connectivity index (χ3n) is 9.53. The number of phenols is 2. The number of fused-ring (bicyclic) bond motifs is 6. The van der Waals surface area contributed by atoms with E-state index in [9.17, 15) is 15.5 Å². The van der Waals surface area contributed by atoms with Crippen molar-refractivity contribution in [2.24, 2.45) is 0 Å². The van der Waals surface area contributed by atoms with Gasteiger partial charge in [-0.15, -0.1) is 0 Å². The molecule has 0 atom stereocenters. The van der Waals surface area contributed by atoms with Gasteiger partial charge in [-0.1, -0.05) is 72.8 Å². The van der Waals surface area contributed by atoms with Gasteiger partial charge in [0, 0.05) is 44.0 Å². The van der Waals surface area contributed by atoms with Gasteiger partial charge in [0.05, 0.1) is 40.3 Å². The van der Waals surface area contributed by atoms with Crippen molar-refractivity contribution in [1.29, 1.82) is 5.26 Å². The average Bonchev–Trinajstić information content (AvgIpc) is 3.68. The molecule has 50 heavy (non-hydrogen) atoms. The van der Waals surface area contributed by atoms with E-state index in [1.807, 2.05) is 84.9 Å². The standard InChI is InChI=1S/C44H26N4O2/c1-46-30-16-20-32(21-17-30)48-38-9-5-3-7-36(38)42-39(28-12-22-33(49)23-13-28)43-41(40(44(42)48)29-14-24-34(50)25-15-29)35-6-2-4-8-37(35)47(43)31-18-10-27(26-45)11-19-31/h2-25,49-50H. The zero-order valence-electron chi connectivity index (χ0n) is 26.5. The van der Waals surface area contributed by atoms with Crippen LogP contribution in [-0.2, 0) is 0 Å². The van der Waals surface area contributed by atoms with Crippen molar-refractivity contribution < 1.29 is 10.2 Å². The Morgan fingerprint density at radius 2 is 0.940 bits per heavy atom. The first-order chi connectivity index (χ1) is 24.6. The lowest BCUT2D eigenvalue weighted by Crippen LogP contribution is -1.99. The van der Waals surface area contributed by atoms with Gasteiger partial charge in [0.25, 0.3) is 0 Å². The van der Waals surface area contributed by atoms with Gasteiger partial charge in [-0.3, -0.25) is 0 Å². The van der Waals surface area contributed by atoms with Crippen molar-refractivity contribution in [1.82, 2.24) is 9.13 Å². The first kappa shape index (κ1) is 28.9. The number of aromatic nitrogens is 2. The number of rotatable bonds is 4. The van der Waals surface area contributed by atoms with E-state index < -0.39 is 0 Å². The van der Waals surface area contributed by atoms with E-state index in [0.717, 1.165) is 77.2 Å². The third-order valence-corrected chi connectivity index (χ3v) is 9.53. The molecule has 0 unspecified atom stereocenters. The largest absolute Gasteiger partial charge is 0.508 e. The molecule has 2 heterocycles. The summed E-state index contributed by atoms with van der Waals surface area (Å²) in [7, 11) is 0. The maximum Gasteiger partial charge on any atom is 0.187 e. The number of nitriles is 1. The Bertz CT molecular complexity index is 2670. The number of hydrogen-bond acceptors (Lipinski definition) is 3. The number of aromatic hydroxyl groups is 2. The van der Waals surface area contributed by atoms with Gasteiger partial charge in [0.1, 0.15) is 11.5 Å². The molecule has 7 aromatic carbocycles. The van der Waals surface area contributed by atoms with Gasteiger partial charge in [-0.2, -0.15) is 5.26 Å². The van der Waals surface area contributed by atoms with Crippen molar-refractivity contribution in [2.75, 3.05) is 0 Å². The highest BCUT2D eigenvalue weighted by Gasteiger charge is 2.28. The molecule has 0 aliphatic carbocycles. The number of para-hydroxylation sites is 2. The first-order valence-electron chi connectivity index (χ1n) is 16.1. The maximum absolute atomic E-state index is 10.4. The Hall–Kier alpha value is -7.28. The molecule has 6 nitrogen and oxygen atoms in total. The summed E-state index contributed by atoms with van der Waals surface area (Å²) in [6, 6.07) is 49.0. The minimum Gasteiger partial charge on any atom is -0.508 e. The van der Waals surface area contributed by atoms with Crippen LogP contribution in [0.2, 0.25) is 0 Å². The normalized spacial score (nSPS) is 11.3. The molecule has 9 aromatic rings. The molecular formula is C44H26N4O2.